The van der Waals surface area contributed by atoms with E-state index in [1.165, 1.54) is 32.1 Å². The van der Waals surface area contributed by atoms with Crippen LogP contribution in [0.25, 0.3) is 0 Å². The van der Waals surface area contributed by atoms with Crippen molar-refractivity contribution in [2.45, 2.75) is 38.2 Å². The molecule has 2 spiro atoms. The Bertz CT molecular complexity index is 236. The van der Waals surface area contributed by atoms with E-state index in [0.717, 1.165) is 11.8 Å². The van der Waals surface area contributed by atoms with Gasteiger partial charge >= 0.3 is 0 Å². The van der Waals surface area contributed by atoms with E-state index in [1.807, 2.05) is 7.11 Å². The number of alkyl halides is 1. The van der Waals surface area contributed by atoms with Crippen molar-refractivity contribution < 1.29 is 4.74 Å². The number of fused-ring (bicyclic) bond motifs is 1. The molecule has 1 nitrogen and oxygen atoms in total. The Morgan fingerprint density at radius 3 is 2.46 bits per heavy atom. The molecule has 0 aromatic carbocycles. The first kappa shape index (κ1) is 8.55. The predicted octanol–water partition coefficient (Wildman–Crippen LogP) is 2.82. The Morgan fingerprint density at radius 2 is 2.08 bits per heavy atom. The lowest BCUT2D eigenvalue weighted by atomic mass is 9.45. The molecule has 0 bridgehead atoms. The monoisotopic (exact) mass is 200 g/mol. The normalized spacial score (nSPS) is 50.3. The first-order valence-corrected chi connectivity index (χ1v) is 5.91. The number of methoxy groups -OCH3 is 1. The quantitative estimate of drug-likeness (QED) is 0.623. The summed E-state index contributed by atoms with van der Waals surface area (Å²) in [5.41, 5.74) is 1.23. The van der Waals surface area contributed by atoms with Crippen molar-refractivity contribution in [3.05, 3.63) is 0 Å². The van der Waals surface area contributed by atoms with E-state index in [4.69, 9.17) is 16.3 Å². The van der Waals surface area contributed by atoms with E-state index in [0.29, 0.717) is 16.9 Å². The highest BCUT2D eigenvalue weighted by molar-refractivity contribution is 6.18. The van der Waals surface area contributed by atoms with Gasteiger partial charge in [-0.05, 0) is 37.0 Å². The molecule has 0 amide bonds. The molecule has 0 aromatic heterocycles. The Hall–Kier alpha value is 0.250. The van der Waals surface area contributed by atoms with Gasteiger partial charge in [-0.15, -0.1) is 11.6 Å². The van der Waals surface area contributed by atoms with Crippen molar-refractivity contribution in [1.82, 2.24) is 0 Å². The van der Waals surface area contributed by atoms with Crippen molar-refractivity contribution >= 4 is 11.6 Å². The van der Waals surface area contributed by atoms with E-state index in [9.17, 15) is 0 Å². The molecule has 0 saturated heterocycles. The van der Waals surface area contributed by atoms with E-state index in [-0.39, 0.29) is 0 Å². The molecule has 0 aliphatic heterocycles. The van der Waals surface area contributed by atoms with Crippen molar-refractivity contribution in [1.29, 1.82) is 0 Å². The van der Waals surface area contributed by atoms with Crippen LogP contribution in [0.1, 0.15) is 32.1 Å². The highest BCUT2D eigenvalue weighted by atomic mass is 35.5. The highest BCUT2D eigenvalue weighted by Gasteiger charge is 2.77. The lowest BCUT2D eigenvalue weighted by molar-refractivity contribution is -0.204. The molecule has 3 aliphatic rings. The molecule has 3 atom stereocenters. The zero-order valence-corrected chi connectivity index (χ0v) is 8.94. The van der Waals surface area contributed by atoms with E-state index in [2.05, 4.69) is 0 Å². The van der Waals surface area contributed by atoms with Gasteiger partial charge in [0.1, 0.15) is 0 Å². The largest absolute Gasteiger partial charge is 0.381 e. The molecule has 74 valence electrons. The summed E-state index contributed by atoms with van der Waals surface area (Å²) in [6.07, 6.45) is 7.46. The predicted molar refractivity (Wildman–Crippen MR) is 53.0 cm³/mol. The summed E-state index contributed by atoms with van der Waals surface area (Å²) < 4.78 is 5.57. The van der Waals surface area contributed by atoms with Gasteiger partial charge in [-0.1, -0.05) is 6.42 Å². The smallest absolute Gasteiger partial charge is 0.0638 e. The van der Waals surface area contributed by atoms with Gasteiger partial charge in [-0.3, -0.25) is 0 Å². The molecular weight excluding hydrogens is 184 g/mol. The minimum Gasteiger partial charge on any atom is -0.381 e. The molecule has 0 heterocycles. The summed E-state index contributed by atoms with van der Waals surface area (Å²) in [5, 5.41) is 0. The second kappa shape index (κ2) is 2.43. The fraction of sp³-hybridized carbons (Fsp3) is 1.00. The topological polar surface area (TPSA) is 9.23 Å². The Balaban J connectivity index is 1.80. The second-order valence-electron chi connectivity index (χ2n) is 5.15. The molecular formula is C11H17ClO. The third-order valence-corrected chi connectivity index (χ3v) is 5.48. The van der Waals surface area contributed by atoms with Gasteiger partial charge < -0.3 is 4.74 Å². The molecule has 13 heavy (non-hydrogen) atoms. The fourth-order valence-corrected chi connectivity index (χ4v) is 4.45. The third kappa shape index (κ3) is 0.756. The molecule has 0 radical (unpaired) electrons. The van der Waals surface area contributed by atoms with Gasteiger partial charge in [0.2, 0.25) is 0 Å². The van der Waals surface area contributed by atoms with E-state index >= 15 is 0 Å². The van der Waals surface area contributed by atoms with E-state index in [1.54, 1.807) is 0 Å². The van der Waals surface area contributed by atoms with E-state index < -0.39 is 0 Å². The SMILES string of the molecule is COC1CC2(CC2CCl)C12CCC2. The fourth-order valence-electron chi connectivity index (χ4n) is 4.05. The Morgan fingerprint density at radius 1 is 1.31 bits per heavy atom. The molecule has 0 aromatic rings. The lowest BCUT2D eigenvalue weighted by Gasteiger charge is -2.62. The Labute approximate surface area is 84.8 Å². The van der Waals surface area contributed by atoms with Crippen LogP contribution in [-0.2, 0) is 4.74 Å². The molecule has 3 rings (SSSR count). The van der Waals surface area contributed by atoms with Gasteiger partial charge in [-0.2, -0.15) is 0 Å². The van der Waals surface area contributed by atoms with Crippen LogP contribution in [0.4, 0.5) is 0 Å². The van der Waals surface area contributed by atoms with Crippen LogP contribution < -0.4 is 0 Å². The maximum Gasteiger partial charge on any atom is 0.0638 e. The number of halogens is 1. The number of hydrogen-bond donors (Lipinski definition) is 0. The van der Waals surface area contributed by atoms with Crippen LogP contribution in [0.15, 0.2) is 0 Å². The maximum atomic E-state index is 5.95. The summed E-state index contributed by atoms with van der Waals surface area (Å²) in [4.78, 5) is 0. The van der Waals surface area contributed by atoms with Crippen LogP contribution in [0.3, 0.4) is 0 Å². The molecule has 2 heteroatoms. The number of rotatable bonds is 2. The van der Waals surface area contributed by atoms with Gasteiger partial charge in [-0.25, -0.2) is 0 Å². The first-order chi connectivity index (χ1) is 6.29. The average molecular weight is 201 g/mol. The molecule has 3 unspecified atom stereocenters. The molecule has 3 aliphatic carbocycles. The summed E-state index contributed by atoms with van der Waals surface area (Å²) in [6, 6.07) is 0. The van der Waals surface area contributed by atoms with Crippen LogP contribution in [0, 0.1) is 16.7 Å². The average Bonchev–Trinajstić information content (AvgIpc) is 2.73. The maximum absolute atomic E-state index is 5.95. The highest BCUT2D eigenvalue weighted by Crippen LogP contribution is 2.81. The van der Waals surface area contributed by atoms with Gasteiger partial charge in [0.15, 0.2) is 0 Å². The number of hydrogen-bond acceptors (Lipinski definition) is 1. The second-order valence-corrected chi connectivity index (χ2v) is 5.46. The summed E-state index contributed by atoms with van der Waals surface area (Å²) >= 11 is 5.95. The van der Waals surface area contributed by atoms with Crippen LogP contribution in [0.5, 0.6) is 0 Å². The van der Waals surface area contributed by atoms with Gasteiger partial charge in [0.05, 0.1) is 6.10 Å². The minimum absolute atomic E-state index is 0.564. The van der Waals surface area contributed by atoms with Crippen LogP contribution >= 0.6 is 11.6 Å². The van der Waals surface area contributed by atoms with Crippen molar-refractivity contribution in [2.24, 2.45) is 16.7 Å². The van der Waals surface area contributed by atoms with Crippen molar-refractivity contribution in [3.63, 3.8) is 0 Å². The molecule has 0 N–H and O–H groups in total. The van der Waals surface area contributed by atoms with Gasteiger partial charge in [0.25, 0.3) is 0 Å². The van der Waals surface area contributed by atoms with Crippen molar-refractivity contribution in [2.75, 3.05) is 13.0 Å². The van der Waals surface area contributed by atoms with Crippen LogP contribution in [-0.4, -0.2) is 19.1 Å². The first-order valence-electron chi connectivity index (χ1n) is 5.38. The summed E-state index contributed by atoms with van der Waals surface area (Å²) in [5.74, 6) is 1.69. The van der Waals surface area contributed by atoms with Crippen molar-refractivity contribution in [3.8, 4) is 0 Å². The molecule has 3 fully saturated rings. The minimum atomic E-state index is 0.564. The number of ether oxygens (including phenoxy) is 1. The zero-order chi connectivity index (χ0) is 9.10. The Kier molecular flexibility index (Phi) is 1.60. The van der Waals surface area contributed by atoms with Gasteiger partial charge in [0, 0.05) is 18.4 Å². The standard InChI is InChI=1S/C11H17ClO/c1-13-9-6-11(5-8(11)7-12)10(9)3-2-4-10/h8-9H,2-7H2,1H3. The van der Waals surface area contributed by atoms with Crippen LogP contribution in [0.2, 0.25) is 0 Å². The molecule has 3 saturated carbocycles. The summed E-state index contributed by atoms with van der Waals surface area (Å²) in [6.45, 7) is 0. The zero-order valence-electron chi connectivity index (χ0n) is 8.18. The third-order valence-electron chi connectivity index (χ3n) is 5.11. The summed E-state index contributed by atoms with van der Waals surface area (Å²) in [7, 11) is 1.87. The lowest BCUT2D eigenvalue weighted by Crippen LogP contribution is -2.60.